The molecule has 1 N–H and O–H groups in total. The minimum Gasteiger partial charge on any atom is -0.308 e. The number of hydrogen-bond acceptors (Lipinski definition) is 2. The fourth-order valence-electron chi connectivity index (χ4n) is 2.34. The molecule has 0 radical (unpaired) electrons. The van der Waals surface area contributed by atoms with E-state index in [1.165, 1.54) is 11.1 Å². The Kier molecular flexibility index (Phi) is 5.97. The van der Waals surface area contributed by atoms with Crippen molar-refractivity contribution in [2.75, 3.05) is 20.6 Å². The first-order chi connectivity index (χ1) is 10.2. The number of rotatable bonds is 7. The largest absolute Gasteiger partial charge is 0.308 e. The summed E-state index contributed by atoms with van der Waals surface area (Å²) < 4.78 is 0. The van der Waals surface area contributed by atoms with Crippen LogP contribution in [0.5, 0.6) is 0 Å². The Morgan fingerprint density at radius 3 is 2.05 bits per heavy atom. The van der Waals surface area contributed by atoms with E-state index in [1.54, 1.807) is 0 Å². The van der Waals surface area contributed by atoms with Gasteiger partial charge in [0.25, 0.3) is 0 Å². The monoisotopic (exact) mass is 282 g/mol. The smallest absolute Gasteiger partial charge is 0.0361 e. The van der Waals surface area contributed by atoms with Gasteiger partial charge in [-0.15, -0.1) is 0 Å². The first-order valence-electron chi connectivity index (χ1n) is 7.65. The van der Waals surface area contributed by atoms with Crippen molar-refractivity contribution in [3.05, 3.63) is 71.8 Å². The van der Waals surface area contributed by atoms with Crippen LogP contribution in [0.4, 0.5) is 0 Å². The van der Waals surface area contributed by atoms with Crippen molar-refractivity contribution in [2.24, 2.45) is 0 Å². The van der Waals surface area contributed by atoms with Crippen molar-refractivity contribution < 1.29 is 0 Å². The second kappa shape index (κ2) is 7.96. The number of nitrogens with one attached hydrogen (secondary N) is 1. The van der Waals surface area contributed by atoms with Gasteiger partial charge in [0.05, 0.1) is 0 Å². The average Bonchev–Trinajstić information content (AvgIpc) is 2.52. The predicted molar refractivity (Wildman–Crippen MR) is 90.5 cm³/mol. The van der Waals surface area contributed by atoms with E-state index in [0.717, 1.165) is 13.0 Å². The van der Waals surface area contributed by atoms with Gasteiger partial charge in [-0.3, -0.25) is 0 Å². The summed E-state index contributed by atoms with van der Waals surface area (Å²) in [7, 11) is 4.25. The Labute approximate surface area is 128 Å². The van der Waals surface area contributed by atoms with Crippen molar-refractivity contribution >= 4 is 0 Å². The zero-order chi connectivity index (χ0) is 15.1. The van der Waals surface area contributed by atoms with Crippen molar-refractivity contribution in [1.29, 1.82) is 0 Å². The molecule has 0 saturated carbocycles. The molecule has 2 nitrogen and oxygen atoms in total. The Hall–Kier alpha value is -1.64. The van der Waals surface area contributed by atoms with Gasteiger partial charge in [0.2, 0.25) is 0 Å². The fraction of sp³-hybridized carbons (Fsp3) is 0.368. The summed E-state index contributed by atoms with van der Waals surface area (Å²) in [6, 6.07) is 22.3. The van der Waals surface area contributed by atoms with E-state index in [2.05, 4.69) is 91.9 Å². The molecule has 0 amide bonds. The normalized spacial score (nSPS) is 14.1. The molecule has 2 unspecified atom stereocenters. The van der Waals surface area contributed by atoms with Crippen LogP contribution in [0.15, 0.2) is 60.7 Å². The van der Waals surface area contributed by atoms with Gasteiger partial charge in [0.1, 0.15) is 0 Å². The van der Waals surface area contributed by atoms with E-state index in [4.69, 9.17) is 0 Å². The van der Waals surface area contributed by atoms with Crippen LogP contribution in [0.1, 0.15) is 24.1 Å². The molecule has 0 fully saturated rings. The fourth-order valence-corrected chi connectivity index (χ4v) is 2.34. The lowest BCUT2D eigenvalue weighted by Gasteiger charge is -2.25. The molecule has 0 spiro atoms. The van der Waals surface area contributed by atoms with Gasteiger partial charge in [0.15, 0.2) is 0 Å². The van der Waals surface area contributed by atoms with Crippen molar-refractivity contribution in [3.63, 3.8) is 0 Å². The predicted octanol–water partition coefficient (Wildman–Crippen LogP) is 3.51. The Morgan fingerprint density at radius 1 is 0.905 bits per heavy atom. The lowest BCUT2D eigenvalue weighted by atomic mass is 9.98. The first-order valence-corrected chi connectivity index (χ1v) is 7.65. The van der Waals surface area contributed by atoms with Crippen LogP contribution in [-0.2, 0) is 6.42 Å². The minimum absolute atomic E-state index is 0.357. The second-order valence-electron chi connectivity index (χ2n) is 5.87. The van der Waals surface area contributed by atoms with Gasteiger partial charge < -0.3 is 10.2 Å². The highest BCUT2D eigenvalue weighted by molar-refractivity contribution is 5.23. The number of likely N-dealkylation sites (N-methyl/N-ethyl adjacent to an activating group) is 1. The maximum Gasteiger partial charge on any atom is 0.0361 e. The summed E-state index contributed by atoms with van der Waals surface area (Å²) in [5, 5.41) is 3.72. The van der Waals surface area contributed by atoms with Crippen LogP contribution in [0, 0.1) is 0 Å². The van der Waals surface area contributed by atoms with Crippen molar-refractivity contribution in [1.82, 2.24) is 10.2 Å². The summed E-state index contributed by atoms with van der Waals surface area (Å²) in [5.41, 5.74) is 2.73. The van der Waals surface area contributed by atoms with Crippen LogP contribution < -0.4 is 5.32 Å². The molecule has 0 saturated heterocycles. The van der Waals surface area contributed by atoms with E-state index < -0.39 is 0 Å². The number of nitrogens with zero attached hydrogens (tertiary/aromatic N) is 1. The molecule has 21 heavy (non-hydrogen) atoms. The van der Waals surface area contributed by atoms with Gasteiger partial charge in [-0.25, -0.2) is 0 Å². The van der Waals surface area contributed by atoms with E-state index >= 15 is 0 Å². The second-order valence-corrected chi connectivity index (χ2v) is 5.87. The topological polar surface area (TPSA) is 15.3 Å². The Balaban J connectivity index is 2.07. The van der Waals surface area contributed by atoms with Gasteiger partial charge in [-0.1, -0.05) is 60.7 Å². The summed E-state index contributed by atoms with van der Waals surface area (Å²) in [6.07, 6.45) is 1.02. The molecule has 2 rings (SSSR count). The van der Waals surface area contributed by atoms with Gasteiger partial charge in [-0.2, -0.15) is 0 Å². The highest BCUT2D eigenvalue weighted by Gasteiger charge is 2.13. The first kappa shape index (κ1) is 15.7. The standard InChI is InChI=1S/C19H26N2/c1-16(21(2)3)15-20-19(18-12-8-5-9-13-18)14-17-10-6-4-7-11-17/h4-13,16,19-20H,14-15H2,1-3H3. The molecule has 2 heteroatoms. The molecule has 2 atom stereocenters. The number of hydrogen-bond donors (Lipinski definition) is 1. The van der Waals surface area contributed by atoms with Crippen molar-refractivity contribution in [3.8, 4) is 0 Å². The quantitative estimate of drug-likeness (QED) is 0.836. The van der Waals surface area contributed by atoms with E-state index in [0.29, 0.717) is 12.1 Å². The third-order valence-corrected chi connectivity index (χ3v) is 4.03. The van der Waals surface area contributed by atoms with Gasteiger partial charge in [-0.05, 0) is 38.6 Å². The third-order valence-electron chi connectivity index (χ3n) is 4.03. The van der Waals surface area contributed by atoms with Crippen LogP contribution in [-0.4, -0.2) is 31.6 Å². The molecule has 0 aliphatic carbocycles. The lowest BCUT2D eigenvalue weighted by molar-refractivity contribution is 0.293. The van der Waals surface area contributed by atoms with Crippen LogP contribution >= 0.6 is 0 Å². The zero-order valence-electron chi connectivity index (χ0n) is 13.3. The number of benzene rings is 2. The SMILES string of the molecule is CC(CNC(Cc1ccccc1)c1ccccc1)N(C)C. The van der Waals surface area contributed by atoms with Crippen LogP contribution in [0.3, 0.4) is 0 Å². The molecular formula is C19H26N2. The Morgan fingerprint density at radius 2 is 1.48 bits per heavy atom. The summed E-state index contributed by atoms with van der Waals surface area (Å²) in [6.45, 7) is 3.23. The molecule has 0 aliphatic heterocycles. The molecule has 2 aromatic rings. The Bertz CT molecular complexity index is 508. The van der Waals surface area contributed by atoms with Gasteiger partial charge in [0, 0.05) is 18.6 Å². The lowest BCUT2D eigenvalue weighted by Crippen LogP contribution is -2.37. The summed E-state index contributed by atoms with van der Waals surface area (Å²) in [5.74, 6) is 0. The molecule has 2 aromatic carbocycles. The van der Waals surface area contributed by atoms with E-state index in [9.17, 15) is 0 Å². The minimum atomic E-state index is 0.357. The van der Waals surface area contributed by atoms with Crippen LogP contribution in [0.2, 0.25) is 0 Å². The molecule has 0 aliphatic rings. The molecular weight excluding hydrogens is 256 g/mol. The highest BCUT2D eigenvalue weighted by atomic mass is 15.1. The summed E-state index contributed by atoms with van der Waals surface area (Å²) in [4.78, 5) is 2.25. The van der Waals surface area contributed by atoms with Gasteiger partial charge >= 0.3 is 0 Å². The third kappa shape index (κ3) is 5.00. The zero-order valence-corrected chi connectivity index (χ0v) is 13.3. The van der Waals surface area contributed by atoms with Crippen molar-refractivity contribution in [2.45, 2.75) is 25.4 Å². The maximum absolute atomic E-state index is 3.72. The van der Waals surface area contributed by atoms with E-state index in [-0.39, 0.29) is 0 Å². The molecule has 0 aromatic heterocycles. The molecule has 0 bridgehead atoms. The molecule has 0 heterocycles. The molecule has 112 valence electrons. The average molecular weight is 282 g/mol. The maximum atomic E-state index is 3.72. The summed E-state index contributed by atoms with van der Waals surface area (Å²) >= 11 is 0. The van der Waals surface area contributed by atoms with Crippen LogP contribution in [0.25, 0.3) is 0 Å². The van der Waals surface area contributed by atoms with E-state index in [1.807, 2.05) is 0 Å². The highest BCUT2D eigenvalue weighted by Crippen LogP contribution is 2.18.